The Bertz CT molecular complexity index is 513. The highest BCUT2D eigenvalue weighted by Gasteiger charge is 2.15. The lowest BCUT2D eigenvalue weighted by Crippen LogP contribution is -2.35. The monoisotopic (exact) mass is 280 g/mol. The average Bonchev–Trinajstić information content (AvgIpc) is 2.76. The van der Waals surface area contributed by atoms with Gasteiger partial charge in [-0.2, -0.15) is 0 Å². The van der Waals surface area contributed by atoms with E-state index in [1.807, 2.05) is 0 Å². The highest BCUT2D eigenvalue weighted by molar-refractivity contribution is 7.12. The average molecular weight is 280 g/mol. The number of carbonyl (C=O) groups is 2. The van der Waals surface area contributed by atoms with E-state index in [0.717, 1.165) is 0 Å². The van der Waals surface area contributed by atoms with Gasteiger partial charge in [-0.1, -0.05) is 11.8 Å². The Balaban J connectivity index is 2.70. The van der Waals surface area contributed by atoms with Crippen molar-refractivity contribution in [2.24, 2.45) is 5.73 Å². The first-order valence-electron chi connectivity index (χ1n) is 5.81. The third kappa shape index (κ3) is 5.12. The van der Waals surface area contributed by atoms with Crippen LogP contribution >= 0.6 is 11.3 Å². The largest absolute Gasteiger partial charge is 0.395 e. The van der Waals surface area contributed by atoms with Crippen LogP contribution in [0.5, 0.6) is 0 Å². The highest BCUT2D eigenvalue weighted by Crippen LogP contribution is 2.16. The smallest absolute Gasteiger partial charge is 0.262 e. The number of primary amides is 1. The number of carbonyl (C=O) groups excluding carboxylic acids is 2. The number of aliphatic hydroxyl groups is 1. The lowest BCUT2D eigenvalue weighted by Gasteiger charge is -2.11. The minimum Gasteiger partial charge on any atom is -0.395 e. The summed E-state index contributed by atoms with van der Waals surface area (Å²) in [6.07, 6.45) is 0.470. The van der Waals surface area contributed by atoms with Gasteiger partial charge in [-0.05, 0) is 18.4 Å². The lowest BCUT2D eigenvalue weighted by molar-refractivity contribution is -0.118. The molecule has 0 bridgehead atoms. The molecule has 1 aromatic heterocycles. The maximum Gasteiger partial charge on any atom is 0.262 e. The van der Waals surface area contributed by atoms with Gasteiger partial charge in [0.05, 0.1) is 6.61 Å². The van der Waals surface area contributed by atoms with Crippen LogP contribution in [0.4, 0.5) is 0 Å². The van der Waals surface area contributed by atoms with Crippen LogP contribution in [0.3, 0.4) is 0 Å². The van der Waals surface area contributed by atoms with Gasteiger partial charge in [0.15, 0.2) is 0 Å². The van der Waals surface area contributed by atoms with Crippen LogP contribution in [0.15, 0.2) is 11.4 Å². The molecule has 5 nitrogen and oxygen atoms in total. The van der Waals surface area contributed by atoms with E-state index >= 15 is 0 Å². The van der Waals surface area contributed by atoms with E-state index < -0.39 is 5.91 Å². The standard InChI is InChI=1S/C13H16N2O3S/c1-9(8-11(14)17)15-13(18)12-10(5-7-19-12)4-2-3-6-16/h5,7,9,16H,3,6,8H2,1H3,(H2,14,17)(H,15,18). The third-order valence-electron chi connectivity index (χ3n) is 2.22. The summed E-state index contributed by atoms with van der Waals surface area (Å²) < 4.78 is 0. The molecule has 0 aliphatic rings. The van der Waals surface area contributed by atoms with Gasteiger partial charge < -0.3 is 16.2 Å². The van der Waals surface area contributed by atoms with Crippen LogP contribution in [0.2, 0.25) is 0 Å². The first kappa shape index (κ1) is 15.2. The van der Waals surface area contributed by atoms with E-state index in [-0.39, 0.29) is 25.0 Å². The second-order valence-corrected chi connectivity index (χ2v) is 4.90. The molecule has 2 amide bonds. The summed E-state index contributed by atoms with van der Waals surface area (Å²) in [6.45, 7) is 1.71. The molecule has 0 saturated carbocycles. The summed E-state index contributed by atoms with van der Waals surface area (Å²) in [5, 5.41) is 13.1. The summed E-state index contributed by atoms with van der Waals surface area (Å²) >= 11 is 1.28. The van der Waals surface area contributed by atoms with Crippen molar-refractivity contribution in [2.45, 2.75) is 25.8 Å². The van der Waals surface area contributed by atoms with Crippen molar-refractivity contribution >= 4 is 23.2 Å². The van der Waals surface area contributed by atoms with Crippen molar-refractivity contribution in [3.05, 3.63) is 21.9 Å². The van der Waals surface area contributed by atoms with E-state index in [4.69, 9.17) is 10.8 Å². The molecule has 6 heteroatoms. The van der Waals surface area contributed by atoms with E-state index in [1.54, 1.807) is 18.4 Å². The van der Waals surface area contributed by atoms with Gasteiger partial charge in [-0.3, -0.25) is 9.59 Å². The third-order valence-corrected chi connectivity index (χ3v) is 3.13. The molecule has 1 rings (SSSR count). The zero-order chi connectivity index (χ0) is 14.3. The molecule has 0 fully saturated rings. The van der Waals surface area contributed by atoms with Crippen molar-refractivity contribution in [1.82, 2.24) is 5.32 Å². The molecule has 0 aliphatic carbocycles. The number of rotatable bonds is 5. The van der Waals surface area contributed by atoms with Crippen molar-refractivity contribution in [2.75, 3.05) is 6.61 Å². The maximum absolute atomic E-state index is 12.0. The molecule has 1 unspecified atom stereocenters. The SMILES string of the molecule is CC(CC(N)=O)NC(=O)c1sccc1C#CCCO. The van der Waals surface area contributed by atoms with E-state index in [9.17, 15) is 9.59 Å². The van der Waals surface area contributed by atoms with E-state index in [1.165, 1.54) is 11.3 Å². The number of thiophene rings is 1. The molecule has 0 spiro atoms. The molecular weight excluding hydrogens is 264 g/mol. The number of amides is 2. The maximum atomic E-state index is 12.0. The van der Waals surface area contributed by atoms with Gasteiger partial charge in [-0.15, -0.1) is 11.3 Å². The fourth-order valence-corrected chi connectivity index (χ4v) is 2.19. The topological polar surface area (TPSA) is 92.4 Å². The van der Waals surface area contributed by atoms with Crippen LogP contribution in [-0.2, 0) is 4.79 Å². The Morgan fingerprint density at radius 2 is 2.32 bits per heavy atom. The Labute approximate surface area is 115 Å². The number of aliphatic hydroxyl groups excluding tert-OH is 1. The Kier molecular flexibility index (Phi) is 6.06. The molecule has 0 radical (unpaired) electrons. The zero-order valence-corrected chi connectivity index (χ0v) is 11.4. The van der Waals surface area contributed by atoms with Gasteiger partial charge in [0.25, 0.3) is 5.91 Å². The molecule has 0 saturated heterocycles. The lowest BCUT2D eigenvalue weighted by atomic mass is 10.2. The number of nitrogens with two attached hydrogens (primary N) is 1. The first-order valence-corrected chi connectivity index (χ1v) is 6.69. The minimum absolute atomic E-state index is 0.00564. The molecule has 1 atom stereocenters. The Morgan fingerprint density at radius 3 is 2.95 bits per heavy atom. The van der Waals surface area contributed by atoms with Crippen LogP contribution in [0.1, 0.15) is 35.0 Å². The predicted octanol–water partition coefficient (Wildman–Crippen LogP) is 0.476. The molecule has 19 heavy (non-hydrogen) atoms. The molecule has 1 heterocycles. The predicted molar refractivity (Wildman–Crippen MR) is 73.6 cm³/mol. The van der Waals surface area contributed by atoms with Crippen LogP contribution in [0, 0.1) is 11.8 Å². The van der Waals surface area contributed by atoms with Crippen molar-refractivity contribution in [1.29, 1.82) is 0 Å². The van der Waals surface area contributed by atoms with E-state index in [0.29, 0.717) is 16.9 Å². The highest BCUT2D eigenvalue weighted by atomic mass is 32.1. The van der Waals surface area contributed by atoms with E-state index in [2.05, 4.69) is 17.2 Å². The summed E-state index contributed by atoms with van der Waals surface area (Å²) in [6, 6.07) is 1.44. The second kappa shape index (κ2) is 7.56. The first-order chi connectivity index (χ1) is 9.04. The molecule has 4 N–H and O–H groups in total. The summed E-state index contributed by atoms with van der Waals surface area (Å²) in [5.41, 5.74) is 5.69. The van der Waals surface area contributed by atoms with Gasteiger partial charge >= 0.3 is 0 Å². The van der Waals surface area contributed by atoms with Gasteiger partial charge in [0, 0.05) is 24.4 Å². The number of hydrogen-bond donors (Lipinski definition) is 3. The summed E-state index contributed by atoms with van der Waals surface area (Å²) in [4.78, 5) is 23.2. The molecule has 102 valence electrons. The zero-order valence-electron chi connectivity index (χ0n) is 10.6. The van der Waals surface area contributed by atoms with Gasteiger partial charge in [0.2, 0.25) is 5.91 Å². The molecule has 0 aromatic carbocycles. The fourth-order valence-electron chi connectivity index (χ4n) is 1.44. The molecule has 0 aliphatic heterocycles. The van der Waals surface area contributed by atoms with Crippen molar-refractivity contribution in [3.63, 3.8) is 0 Å². The summed E-state index contributed by atoms with van der Waals surface area (Å²) in [5.74, 6) is 4.88. The quantitative estimate of drug-likeness (QED) is 0.685. The second-order valence-electron chi connectivity index (χ2n) is 3.98. The Morgan fingerprint density at radius 1 is 1.58 bits per heavy atom. The number of hydrogen-bond acceptors (Lipinski definition) is 4. The summed E-state index contributed by atoms with van der Waals surface area (Å²) in [7, 11) is 0. The van der Waals surface area contributed by atoms with Crippen LogP contribution in [-0.4, -0.2) is 29.6 Å². The number of nitrogens with one attached hydrogen (secondary N) is 1. The van der Waals surface area contributed by atoms with Crippen LogP contribution in [0.25, 0.3) is 0 Å². The normalized spacial score (nSPS) is 11.3. The van der Waals surface area contributed by atoms with Gasteiger partial charge in [-0.25, -0.2) is 0 Å². The van der Waals surface area contributed by atoms with Crippen LogP contribution < -0.4 is 11.1 Å². The minimum atomic E-state index is -0.457. The van der Waals surface area contributed by atoms with Crippen molar-refractivity contribution in [3.8, 4) is 11.8 Å². The fraction of sp³-hybridized carbons (Fsp3) is 0.385. The molecule has 1 aromatic rings. The van der Waals surface area contributed by atoms with Crippen molar-refractivity contribution < 1.29 is 14.7 Å². The van der Waals surface area contributed by atoms with Gasteiger partial charge in [0.1, 0.15) is 4.88 Å². The molecular formula is C13H16N2O3S. The Hall–Kier alpha value is -1.84.